The van der Waals surface area contributed by atoms with Gasteiger partial charge in [-0.25, -0.2) is 0 Å². The summed E-state index contributed by atoms with van der Waals surface area (Å²) in [6.07, 6.45) is 9.09. The molecule has 0 spiro atoms. The van der Waals surface area contributed by atoms with Crippen LogP contribution in [0.5, 0.6) is 0 Å². The number of carbonyl (C=O) groups is 2. The van der Waals surface area contributed by atoms with Crippen molar-refractivity contribution in [2.24, 2.45) is 0 Å². The minimum atomic E-state index is -0.00379. The second-order valence-corrected chi connectivity index (χ2v) is 10.2. The molecule has 0 unspecified atom stereocenters. The summed E-state index contributed by atoms with van der Waals surface area (Å²) in [5.74, 6) is -0.00759. The van der Waals surface area contributed by atoms with E-state index in [9.17, 15) is 9.59 Å². The van der Waals surface area contributed by atoms with Crippen LogP contribution in [0.4, 0.5) is 0 Å². The van der Waals surface area contributed by atoms with E-state index in [0.717, 1.165) is 47.9 Å². The van der Waals surface area contributed by atoms with Crippen LogP contribution in [0.3, 0.4) is 0 Å². The fourth-order valence-electron chi connectivity index (χ4n) is 4.81. The van der Waals surface area contributed by atoms with Crippen molar-refractivity contribution in [1.82, 2.24) is 10.6 Å². The molecule has 4 heteroatoms. The Balaban J connectivity index is 0.983. The fourth-order valence-corrected chi connectivity index (χ4v) is 4.81. The van der Waals surface area contributed by atoms with E-state index >= 15 is 0 Å². The van der Waals surface area contributed by atoms with Crippen LogP contribution in [0.25, 0.3) is 22.3 Å². The SMILES string of the molecule is O=C(NCCCCCCCCCCNC(=O)c1ccc(-c2ccccc2)cc1)c1ccc(-c2ccccc2)cc1. The first-order chi connectivity index (χ1) is 19.7. The lowest BCUT2D eigenvalue weighted by molar-refractivity contribution is 0.0944. The van der Waals surface area contributed by atoms with E-state index in [1.54, 1.807) is 0 Å². The predicted octanol–water partition coefficient (Wildman–Crippen LogP) is 8.30. The molecule has 0 aliphatic carbocycles. The number of amides is 2. The summed E-state index contributed by atoms with van der Waals surface area (Å²) in [5, 5.41) is 6.08. The third kappa shape index (κ3) is 9.23. The standard InChI is InChI=1S/C36H40N2O2/c39-35(33-23-19-31(20-24-33)29-15-9-7-10-16-29)37-27-13-5-3-1-2-4-6-14-28-38-36(40)34-25-21-32(22-26-34)30-17-11-8-12-18-30/h7-12,15-26H,1-6,13-14,27-28H2,(H,37,39)(H,38,40). The molecular formula is C36H40N2O2. The van der Waals surface area contributed by atoms with Gasteiger partial charge in [-0.05, 0) is 59.4 Å². The van der Waals surface area contributed by atoms with Crippen LogP contribution in [0.2, 0.25) is 0 Å². The van der Waals surface area contributed by atoms with Gasteiger partial charge in [-0.1, -0.05) is 123 Å². The molecule has 0 aliphatic rings. The van der Waals surface area contributed by atoms with Crippen molar-refractivity contribution >= 4 is 11.8 Å². The Morgan fingerprint density at radius 2 is 0.675 bits per heavy atom. The van der Waals surface area contributed by atoms with Gasteiger partial charge < -0.3 is 10.6 Å². The normalized spacial score (nSPS) is 10.7. The molecule has 0 saturated heterocycles. The van der Waals surface area contributed by atoms with Crippen LogP contribution in [0.1, 0.15) is 72.1 Å². The molecule has 4 aromatic carbocycles. The number of unbranched alkanes of at least 4 members (excludes halogenated alkanes) is 7. The Labute approximate surface area is 238 Å². The maximum Gasteiger partial charge on any atom is 0.251 e. The lowest BCUT2D eigenvalue weighted by Crippen LogP contribution is -2.24. The highest BCUT2D eigenvalue weighted by atomic mass is 16.2. The Morgan fingerprint density at radius 3 is 1.02 bits per heavy atom. The summed E-state index contributed by atoms with van der Waals surface area (Å²) in [5.41, 5.74) is 5.96. The van der Waals surface area contributed by atoms with E-state index < -0.39 is 0 Å². The van der Waals surface area contributed by atoms with Crippen LogP contribution < -0.4 is 10.6 Å². The third-order valence-corrected chi connectivity index (χ3v) is 7.18. The van der Waals surface area contributed by atoms with Crippen LogP contribution in [-0.4, -0.2) is 24.9 Å². The van der Waals surface area contributed by atoms with Gasteiger partial charge in [-0.2, -0.15) is 0 Å². The van der Waals surface area contributed by atoms with Gasteiger partial charge in [0.2, 0.25) is 0 Å². The van der Waals surface area contributed by atoms with Gasteiger partial charge >= 0.3 is 0 Å². The Hall–Kier alpha value is -4.18. The van der Waals surface area contributed by atoms with Gasteiger partial charge in [0.05, 0.1) is 0 Å². The molecule has 4 aromatic rings. The van der Waals surface area contributed by atoms with Crippen molar-refractivity contribution in [3.63, 3.8) is 0 Å². The number of nitrogens with one attached hydrogen (secondary N) is 2. The maximum absolute atomic E-state index is 12.4. The maximum atomic E-state index is 12.4. The van der Waals surface area contributed by atoms with Crippen molar-refractivity contribution in [2.75, 3.05) is 13.1 Å². The van der Waals surface area contributed by atoms with E-state index in [1.807, 2.05) is 84.9 Å². The lowest BCUT2D eigenvalue weighted by atomic mass is 10.0. The minimum absolute atomic E-state index is 0.00379. The quantitative estimate of drug-likeness (QED) is 0.151. The van der Waals surface area contributed by atoms with Crippen molar-refractivity contribution in [3.8, 4) is 22.3 Å². The Bertz CT molecular complexity index is 1200. The monoisotopic (exact) mass is 532 g/mol. The molecule has 0 fully saturated rings. The van der Waals surface area contributed by atoms with Crippen molar-refractivity contribution < 1.29 is 9.59 Å². The summed E-state index contributed by atoms with van der Waals surface area (Å²) in [6, 6.07) is 36.0. The summed E-state index contributed by atoms with van der Waals surface area (Å²) in [4.78, 5) is 24.8. The molecule has 0 aromatic heterocycles. The molecule has 0 aliphatic heterocycles. The molecule has 40 heavy (non-hydrogen) atoms. The van der Waals surface area contributed by atoms with Crippen LogP contribution >= 0.6 is 0 Å². The topological polar surface area (TPSA) is 58.2 Å². The summed E-state index contributed by atoms with van der Waals surface area (Å²) in [7, 11) is 0. The molecule has 0 bridgehead atoms. The van der Waals surface area contributed by atoms with E-state index in [0.29, 0.717) is 24.2 Å². The highest BCUT2D eigenvalue weighted by Crippen LogP contribution is 2.20. The molecule has 0 atom stereocenters. The molecule has 206 valence electrons. The smallest absolute Gasteiger partial charge is 0.251 e. The van der Waals surface area contributed by atoms with Crippen molar-refractivity contribution in [1.29, 1.82) is 0 Å². The average Bonchev–Trinajstić information content (AvgIpc) is 3.02. The summed E-state index contributed by atoms with van der Waals surface area (Å²) >= 11 is 0. The Kier molecular flexibility index (Phi) is 11.6. The Morgan fingerprint density at radius 1 is 0.375 bits per heavy atom. The van der Waals surface area contributed by atoms with Gasteiger partial charge in [-0.15, -0.1) is 0 Å². The van der Waals surface area contributed by atoms with Gasteiger partial charge in [0.25, 0.3) is 11.8 Å². The van der Waals surface area contributed by atoms with E-state index in [4.69, 9.17) is 0 Å². The van der Waals surface area contributed by atoms with Gasteiger partial charge in [-0.3, -0.25) is 9.59 Å². The van der Waals surface area contributed by atoms with Gasteiger partial charge in [0.15, 0.2) is 0 Å². The highest BCUT2D eigenvalue weighted by molar-refractivity contribution is 5.95. The summed E-state index contributed by atoms with van der Waals surface area (Å²) in [6.45, 7) is 1.43. The molecule has 2 N–H and O–H groups in total. The largest absolute Gasteiger partial charge is 0.352 e. The van der Waals surface area contributed by atoms with Crippen LogP contribution in [0.15, 0.2) is 109 Å². The van der Waals surface area contributed by atoms with E-state index in [1.165, 1.54) is 25.7 Å². The third-order valence-electron chi connectivity index (χ3n) is 7.18. The molecule has 0 saturated carbocycles. The number of hydrogen-bond donors (Lipinski definition) is 2. The zero-order valence-corrected chi connectivity index (χ0v) is 23.3. The second-order valence-electron chi connectivity index (χ2n) is 10.2. The molecule has 2 amide bonds. The number of rotatable bonds is 15. The first-order valence-electron chi connectivity index (χ1n) is 14.6. The average molecular weight is 533 g/mol. The number of hydrogen-bond acceptors (Lipinski definition) is 2. The zero-order valence-electron chi connectivity index (χ0n) is 23.3. The minimum Gasteiger partial charge on any atom is -0.352 e. The highest BCUT2D eigenvalue weighted by Gasteiger charge is 2.07. The molecular weight excluding hydrogens is 492 g/mol. The van der Waals surface area contributed by atoms with Crippen molar-refractivity contribution in [2.45, 2.75) is 51.4 Å². The van der Waals surface area contributed by atoms with Crippen LogP contribution in [0, 0.1) is 0 Å². The second kappa shape index (κ2) is 16.0. The number of benzene rings is 4. The lowest BCUT2D eigenvalue weighted by Gasteiger charge is -2.07. The molecule has 4 nitrogen and oxygen atoms in total. The number of carbonyl (C=O) groups excluding carboxylic acids is 2. The van der Waals surface area contributed by atoms with Gasteiger partial charge in [0.1, 0.15) is 0 Å². The van der Waals surface area contributed by atoms with Crippen LogP contribution in [-0.2, 0) is 0 Å². The summed E-state index contributed by atoms with van der Waals surface area (Å²) < 4.78 is 0. The zero-order chi connectivity index (χ0) is 27.8. The predicted molar refractivity (Wildman–Crippen MR) is 165 cm³/mol. The fraction of sp³-hybridized carbons (Fsp3) is 0.278. The van der Waals surface area contributed by atoms with Crippen molar-refractivity contribution in [3.05, 3.63) is 120 Å². The first kappa shape index (κ1) is 28.8. The molecule has 0 heterocycles. The molecule has 4 rings (SSSR count). The van der Waals surface area contributed by atoms with E-state index in [-0.39, 0.29) is 11.8 Å². The first-order valence-corrected chi connectivity index (χ1v) is 14.6. The van der Waals surface area contributed by atoms with Gasteiger partial charge in [0, 0.05) is 24.2 Å². The molecule has 0 radical (unpaired) electrons. The van der Waals surface area contributed by atoms with E-state index in [2.05, 4.69) is 34.9 Å².